The van der Waals surface area contributed by atoms with Crippen LogP contribution in [0.1, 0.15) is 23.2 Å². The molecule has 1 aliphatic rings. The first-order valence-electron chi connectivity index (χ1n) is 9.59. The molecule has 1 aliphatic heterocycles. The topological polar surface area (TPSA) is 84.9 Å². The predicted molar refractivity (Wildman–Crippen MR) is 113 cm³/mol. The van der Waals surface area contributed by atoms with Crippen molar-refractivity contribution in [1.29, 1.82) is 0 Å². The SMILES string of the molecule is CS(=O)(=O)NC(=O)c1cc(Cl)c(OCC2CCCN2c2ccc(OC(F)(F)F)cc2)cc1F. The third-order valence-electron chi connectivity index (χ3n) is 4.75. The molecule has 0 spiro atoms. The normalized spacial score (nSPS) is 16.5. The van der Waals surface area contributed by atoms with Gasteiger partial charge in [-0.15, -0.1) is 13.2 Å². The van der Waals surface area contributed by atoms with Crippen LogP contribution in [0.2, 0.25) is 5.02 Å². The average Bonchev–Trinajstić information content (AvgIpc) is 3.15. The first-order chi connectivity index (χ1) is 15.3. The van der Waals surface area contributed by atoms with Crippen LogP contribution in [0.4, 0.5) is 23.2 Å². The number of carbonyl (C=O) groups excluding carboxylic acids is 1. The van der Waals surface area contributed by atoms with Crippen LogP contribution in [0.5, 0.6) is 11.5 Å². The minimum Gasteiger partial charge on any atom is -0.490 e. The first-order valence-corrected chi connectivity index (χ1v) is 11.9. The molecule has 33 heavy (non-hydrogen) atoms. The number of ether oxygens (including phenoxy) is 2. The molecule has 1 atom stereocenters. The van der Waals surface area contributed by atoms with E-state index >= 15 is 0 Å². The van der Waals surface area contributed by atoms with E-state index in [1.54, 1.807) is 4.72 Å². The highest BCUT2D eigenvalue weighted by Crippen LogP contribution is 2.32. The third-order valence-corrected chi connectivity index (χ3v) is 5.61. The Hall–Kier alpha value is -2.73. The quantitative estimate of drug-likeness (QED) is 0.564. The molecule has 3 rings (SSSR count). The Morgan fingerprint density at radius 2 is 1.91 bits per heavy atom. The Kier molecular flexibility index (Phi) is 7.27. The molecule has 0 bridgehead atoms. The zero-order valence-electron chi connectivity index (χ0n) is 17.2. The molecular formula is C20H19ClF4N2O5S. The number of hydrogen-bond donors (Lipinski definition) is 1. The summed E-state index contributed by atoms with van der Waals surface area (Å²) in [7, 11) is -3.89. The van der Waals surface area contributed by atoms with Gasteiger partial charge in [-0.05, 0) is 43.2 Å². The first kappa shape index (κ1) is 24.9. The van der Waals surface area contributed by atoms with Crippen LogP contribution >= 0.6 is 11.6 Å². The van der Waals surface area contributed by atoms with Crippen LogP contribution in [-0.2, 0) is 10.0 Å². The van der Waals surface area contributed by atoms with Gasteiger partial charge in [-0.2, -0.15) is 0 Å². The van der Waals surface area contributed by atoms with Crippen molar-refractivity contribution in [2.24, 2.45) is 0 Å². The molecule has 1 unspecified atom stereocenters. The van der Waals surface area contributed by atoms with E-state index in [0.29, 0.717) is 12.2 Å². The molecule has 1 saturated heterocycles. The van der Waals surface area contributed by atoms with E-state index in [1.165, 1.54) is 24.3 Å². The molecule has 1 fully saturated rings. The van der Waals surface area contributed by atoms with Crippen LogP contribution in [0, 0.1) is 5.82 Å². The standard InChI is InChI=1S/C20H19ClF4N2O5S/c1-33(29,30)26-19(28)15-9-16(21)18(10-17(15)22)31-11-13-3-2-8-27(13)12-4-6-14(7-5-12)32-20(23,24)25/h4-7,9-10,13H,2-3,8,11H2,1H3,(H,26,28). The smallest absolute Gasteiger partial charge is 0.490 e. The van der Waals surface area contributed by atoms with Gasteiger partial charge in [0.25, 0.3) is 5.91 Å². The van der Waals surface area contributed by atoms with E-state index in [9.17, 15) is 30.8 Å². The van der Waals surface area contributed by atoms with Crippen LogP contribution in [-0.4, -0.2) is 46.1 Å². The second kappa shape index (κ2) is 9.64. The third kappa shape index (κ3) is 6.87. The second-order valence-corrected chi connectivity index (χ2v) is 9.46. The summed E-state index contributed by atoms with van der Waals surface area (Å²) in [5.41, 5.74) is 0.113. The van der Waals surface area contributed by atoms with Gasteiger partial charge < -0.3 is 14.4 Å². The number of hydrogen-bond acceptors (Lipinski definition) is 6. The largest absolute Gasteiger partial charge is 0.573 e. The zero-order valence-corrected chi connectivity index (χ0v) is 18.7. The number of rotatable bonds is 7. The molecule has 1 amide bonds. The van der Waals surface area contributed by atoms with E-state index in [-0.39, 0.29) is 29.2 Å². The maximum absolute atomic E-state index is 14.4. The number of alkyl halides is 3. The molecule has 180 valence electrons. The summed E-state index contributed by atoms with van der Waals surface area (Å²) in [6, 6.07) is 7.13. The number of nitrogens with one attached hydrogen (secondary N) is 1. The number of carbonyl (C=O) groups is 1. The molecule has 0 aromatic heterocycles. The maximum Gasteiger partial charge on any atom is 0.573 e. The van der Waals surface area contributed by atoms with Crippen molar-refractivity contribution in [3.8, 4) is 11.5 Å². The van der Waals surface area contributed by atoms with Crippen LogP contribution in [0.15, 0.2) is 36.4 Å². The van der Waals surface area contributed by atoms with E-state index in [4.69, 9.17) is 16.3 Å². The lowest BCUT2D eigenvalue weighted by Gasteiger charge is -2.27. The van der Waals surface area contributed by atoms with E-state index in [0.717, 1.165) is 31.2 Å². The maximum atomic E-state index is 14.4. The Labute approximate surface area is 192 Å². The Balaban J connectivity index is 1.68. The van der Waals surface area contributed by atoms with Crippen molar-refractivity contribution >= 4 is 33.2 Å². The minimum atomic E-state index is -4.78. The fourth-order valence-corrected chi connectivity index (χ4v) is 4.08. The summed E-state index contributed by atoms with van der Waals surface area (Å²) in [5, 5.41) is -0.0896. The fourth-order valence-electron chi connectivity index (χ4n) is 3.41. The van der Waals surface area contributed by atoms with Crippen LogP contribution in [0.25, 0.3) is 0 Å². The van der Waals surface area contributed by atoms with Gasteiger partial charge >= 0.3 is 6.36 Å². The lowest BCUT2D eigenvalue weighted by Crippen LogP contribution is -2.34. The zero-order chi connectivity index (χ0) is 24.4. The molecule has 0 radical (unpaired) electrons. The monoisotopic (exact) mass is 510 g/mol. The highest BCUT2D eigenvalue weighted by atomic mass is 35.5. The molecular weight excluding hydrogens is 492 g/mol. The fraction of sp³-hybridized carbons (Fsp3) is 0.350. The van der Waals surface area contributed by atoms with Gasteiger partial charge in [0.15, 0.2) is 0 Å². The number of halogens is 5. The summed E-state index contributed by atoms with van der Waals surface area (Å²) >= 11 is 6.09. The van der Waals surface area contributed by atoms with Crippen molar-refractivity contribution < 1.29 is 40.2 Å². The van der Waals surface area contributed by atoms with E-state index in [2.05, 4.69) is 4.74 Å². The molecule has 7 nitrogen and oxygen atoms in total. The van der Waals surface area contributed by atoms with Crippen molar-refractivity contribution in [2.45, 2.75) is 25.2 Å². The number of anilines is 1. The van der Waals surface area contributed by atoms with Gasteiger partial charge in [0, 0.05) is 18.3 Å². The number of nitrogens with zero attached hydrogens (tertiary/aromatic N) is 1. The number of sulfonamides is 1. The summed E-state index contributed by atoms with van der Waals surface area (Å²) in [6.07, 6.45) is -2.50. The van der Waals surface area contributed by atoms with Crippen molar-refractivity contribution in [3.05, 3.63) is 52.8 Å². The predicted octanol–water partition coefficient (Wildman–Crippen LogP) is 4.11. The number of benzene rings is 2. The van der Waals surface area contributed by atoms with Crippen LogP contribution in [0.3, 0.4) is 0 Å². The summed E-state index contributed by atoms with van der Waals surface area (Å²) in [6.45, 7) is 0.731. The minimum absolute atomic E-state index is 0.0363. The summed E-state index contributed by atoms with van der Waals surface area (Å²) in [4.78, 5) is 13.8. The van der Waals surface area contributed by atoms with Crippen LogP contribution < -0.4 is 19.1 Å². The molecule has 1 heterocycles. The molecule has 13 heteroatoms. The molecule has 0 saturated carbocycles. The van der Waals surface area contributed by atoms with Crippen molar-refractivity contribution in [3.63, 3.8) is 0 Å². The van der Waals surface area contributed by atoms with E-state index in [1.807, 2.05) is 4.90 Å². The van der Waals surface area contributed by atoms with Gasteiger partial charge in [-0.25, -0.2) is 17.5 Å². The lowest BCUT2D eigenvalue weighted by atomic mass is 10.2. The summed E-state index contributed by atoms with van der Waals surface area (Å²) in [5.74, 6) is -2.55. The van der Waals surface area contributed by atoms with Gasteiger partial charge in [-0.1, -0.05) is 11.6 Å². The molecule has 0 aliphatic carbocycles. The second-order valence-electron chi connectivity index (χ2n) is 7.31. The highest BCUT2D eigenvalue weighted by Gasteiger charge is 2.31. The summed E-state index contributed by atoms with van der Waals surface area (Å²) < 4.78 is 84.9. The van der Waals surface area contributed by atoms with Gasteiger partial charge in [-0.3, -0.25) is 4.79 Å². The Morgan fingerprint density at radius 1 is 1.24 bits per heavy atom. The van der Waals surface area contributed by atoms with E-state index < -0.39 is 33.7 Å². The molecule has 2 aromatic carbocycles. The van der Waals surface area contributed by atoms with Crippen molar-refractivity contribution in [2.75, 3.05) is 24.3 Å². The average molecular weight is 511 g/mol. The highest BCUT2D eigenvalue weighted by molar-refractivity contribution is 7.89. The molecule has 1 N–H and O–H groups in total. The van der Waals surface area contributed by atoms with Gasteiger partial charge in [0.1, 0.15) is 23.9 Å². The lowest BCUT2D eigenvalue weighted by molar-refractivity contribution is -0.274. The van der Waals surface area contributed by atoms with Gasteiger partial charge in [0.05, 0.1) is 22.9 Å². The number of amides is 1. The molecule has 2 aromatic rings. The Bertz CT molecular complexity index is 1130. The van der Waals surface area contributed by atoms with Crippen molar-refractivity contribution in [1.82, 2.24) is 4.72 Å². The van der Waals surface area contributed by atoms with Gasteiger partial charge in [0.2, 0.25) is 10.0 Å². The Morgan fingerprint density at radius 3 is 2.52 bits per heavy atom.